The van der Waals surface area contributed by atoms with Gasteiger partial charge in [0.05, 0.1) is 0 Å². The zero-order valence-electron chi connectivity index (χ0n) is 4.98. The van der Waals surface area contributed by atoms with E-state index in [1.165, 1.54) is 0 Å². The third-order valence-electron chi connectivity index (χ3n) is 0.321. The molecule has 0 amide bonds. The van der Waals surface area contributed by atoms with Crippen LogP contribution in [0.15, 0.2) is 0 Å². The predicted molar refractivity (Wildman–Crippen MR) is 33.5 cm³/mol. The van der Waals surface area contributed by atoms with Crippen LogP contribution in [0.4, 0.5) is 26.3 Å². The molecule has 76 valence electrons. The Morgan fingerprint density at radius 3 is 1.00 bits per heavy atom. The summed E-state index contributed by atoms with van der Waals surface area (Å²) in [6, 6.07) is 0. The Kier molecular flexibility index (Phi) is 6.52. The zero-order valence-corrected chi connectivity index (χ0v) is 7.25. The average Bonchev–Trinajstić information content (AvgIpc) is 1.55. The van der Waals surface area contributed by atoms with E-state index in [4.69, 9.17) is 0 Å². The Balaban J connectivity index is 0. The molecule has 0 heterocycles. The Morgan fingerprint density at radius 2 is 1.00 bits per heavy atom. The summed E-state index contributed by atoms with van der Waals surface area (Å²) in [6.45, 7) is 0. The molecule has 0 aliphatic carbocycles. The summed E-state index contributed by atoms with van der Waals surface area (Å²) in [5.74, 6) is -2.69. The first kappa shape index (κ1) is 14.9. The number of halogens is 9. The summed E-state index contributed by atoms with van der Waals surface area (Å²) in [5, 5.41) is 0. The summed E-state index contributed by atoms with van der Waals surface area (Å²) >= 11 is 11.9. The van der Waals surface area contributed by atoms with E-state index in [0.29, 0.717) is 0 Å². The van der Waals surface area contributed by atoms with E-state index in [1.807, 2.05) is 0 Å². The summed E-state index contributed by atoms with van der Waals surface area (Å²) in [6.07, 6.45) is -5.20. The summed E-state index contributed by atoms with van der Waals surface area (Å²) < 4.78 is 60.2. The highest BCUT2D eigenvalue weighted by molar-refractivity contribution is 6.47. The fourth-order valence-corrected chi connectivity index (χ4v) is 0. The maximum Gasteiger partial charge on any atom is 0.452 e. The minimum absolute atomic E-state index is 2.69. The zero-order chi connectivity index (χ0) is 10.6. The van der Waals surface area contributed by atoms with Crippen molar-refractivity contribution in [1.82, 2.24) is 0 Å². The lowest BCUT2D eigenvalue weighted by Gasteiger charge is -2.11. The molecule has 0 aromatic heterocycles. The second-order valence-corrected chi connectivity index (χ2v) is 2.81. The van der Waals surface area contributed by atoms with Crippen LogP contribution in [0, 0.1) is 0 Å². The van der Waals surface area contributed by atoms with E-state index in [2.05, 4.69) is 34.8 Å². The van der Waals surface area contributed by atoms with Crippen LogP contribution in [0.25, 0.3) is 0 Å². The first-order valence-corrected chi connectivity index (χ1v) is 3.23. The molecule has 0 aliphatic heterocycles. The van der Waals surface area contributed by atoms with Crippen molar-refractivity contribution in [2.45, 2.75) is 16.6 Å². The molecule has 0 rings (SSSR count). The minimum Gasteiger partial charge on any atom is -0.198 e. The smallest absolute Gasteiger partial charge is 0.198 e. The van der Waals surface area contributed by atoms with Crippen LogP contribution in [0.5, 0.6) is 0 Å². The van der Waals surface area contributed by atoms with E-state index in [1.54, 1.807) is 0 Å². The molecular weight excluding hydrogens is 256 g/mol. The summed E-state index contributed by atoms with van der Waals surface area (Å²) in [4.78, 5) is 0. The molecule has 0 radical (unpaired) electrons. The van der Waals surface area contributed by atoms with Gasteiger partial charge in [0.2, 0.25) is 0 Å². The third-order valence-corrected chi connectivity index (χ3v) is 0.750. The molecule has 12 heavy (non-hydrogen) atoms. The SMILES string of the molecule is FC(F)(F)C(F)(Cl)Cl.FC(F)Cl. The Morgan fingerprint density at radius 1 is 0.917 bits per heavy atom. The maximum atomic E-state index is 11.3. The van der Waals surface area contributed by atoms with Crippen LogP contribution >= 0.6 is 34.8 Å². The lowest BCUT2D eigenvalue weighted by molar-refractivity contribution is -0.170. The Hall–Kier alpha value is 0.450. The maximum absolute atomic E-state index is 11.3. The van der Waals surface area contributed by atoms with Crippen LogP contribution in [-0.2, 0) is 0 Å². The highest BCUT2D eigenvalue weighted by Gasteiger charge is 2.53. The minimum atomic E-state index is -5.20. The van der Waals surface area contributed by atoms with Gasteiger partial charge in [0.15, 0.2) is 0 Å². The molecule has 0 spiro atoms. The van der Waals surface area contributed by atoms with Gasteiger partial charge < -0.3 is 0 Å². The molecule has 0 N–H and O–H groups in total. The highest BCUT2D eigenvalue weighted by atomic mass is 35.5. The second kappa shape index (κ2) is 5.24. The lowest BCUT2D eigenvalue weighted by Crippen LogP contribution is -2.28. The van der Waals surface area contributed by atoms with Crippen molar-refractivity contribution in [3.05, 3.63) is 0 Å². The number of rotatable bonds is 0. The molecule has 0 saturated carbocycles. The van der Waals surface area contributed by atoms with Crippen LogP contribution in [0.3, 0.4) is 0 Å². The number of hydrogen-bond acceptors (Lipinski definition) is 0. The molecule has 0 nitrogen and oxygen atoms in total. The lowest BCUT2D eigenvalue weighted by atomic mass is 10.7. The van der Waals surface area contributed by atoms with E-state index in [0.717, 1.165) is 0 Å². The molecule has 0 fully saturated rings. The second-order valence-electron chi connectivity index (χ2n) is 1.24. The number of alkyl halides is 9. The van der Waals surface area contributed by atoms with Gasteiger partial charge >= 0.3 is 16.6 Å². The van der Waals surface area contributed by atoms with Crippen molar-refractivity contribution < 1.29 is 26.3 Å². The first-order chi connectivity index (χ1) is 4.98. The van der Waals surface area contributed by atoms with Crippen LogP contribution in [0.2, 0.25) is 0 Å². The van der Waals surface area contributed by atoms with Crippen LogP contribution in [0.1, 0.15) is 0 Å². The van der Waals surface area contributed by atoms with Crippen molar-refractivity contribution in [2.75, 3.05) is 0 Å². The van der Waals surface area contributed by atoms with Gasteiger partial charge in [0.1, 0.15) is 0 Å². The molecule has 0 aromatic carbocycles. The normalized spacial score (nSPS) is 12.5. The van der Waals surface area contributed by atoms with Crippen molar-refractivity contribution in [1.29, 1.82) is 0 Å². The highest BCUT2D eigenvalue weighted by Crippen LogP contribution is 2.40. The molecular formula is C3HCl3F6. The topological polar surface area (TPSA) is 0 Å². The molecule has 0 bridgehead atoms. The average molecular weight is 257 g/mol. The van der Waals surface area contributed by atoms with Gasteiger partial charge in [-0.25, -0.2) is 0 Å². The third kappa shape index (κ3) is 10.4. The number of hydrogen-bond donors (Lipinski definition) is 0. The standard InChI is InChI=1S/C2Cl2F4.CHClF2/c3-1(4,5)2(6,7)8;2-1(3)4/h;1H. The van der Waals surface area contributed by atoms with Crippen molar-refractivity contribution in [2.24, 2.45) is 0 Å². The molecule has 0 unspecified atom stereocenters. The predicted octanol–water partition coefficient (Wildman–Crippen LogP) is 4.10. The van der Waals surface area contributed by atoms with Gasteiger partial charge in [0, 0.05) is 0 Å². The van der Waals surface area contributed by atoms with Gasteiger partial charge in [0.25, 0.3) is 0 Å². The fraction of sp³-hybridized carbons (Fsp3) is 1.00. The van der Waals surface area contributed by atoms with E-state index < -0.39 is 16.6 Å². The monoisotopic (exact) mass is 256 g/mol. The van der Waals surface area contributed by atoms with Gasteiger partial charge in [-0.2, -0.15) is 26.3 Å². The van der Waals surface area contributed by atoms with Crippen molar-refractivity contribution >= 4 is 34.8 Å². The van der Waals surface area contributed by atoms with Gasteiger partial charge in [-0.05, 0) is 0 Å². The van der Waals surface area contributed by atoms with E-state index in [9.17, 15) is 26.3 Å². The Labute approximate surface area is 78.4 Å². The van der Waals surface area contributed by atoms with Gasteiger partial charge in [-0.1, -0.05) is 34.8 Å². The molecule has 0 atom stereocenters. The van der Waals surface area contributed by atoms with Crippen LogP contribution in [-0.4, -0.2) is 16.6 Å². The molecule has 9 heteroatoms. The molecule has 0 aromatic rings. The summed E-state index contributed by atoms with van der Waals surface area (Å²) in [7, 11) is 0. The largest absolute Gasteiger partial charge is 0.452 e. The van der Waals surface area contributed by atoms with E-state index in [-0.39, 0.29) is 0 Å². The molecule has 0 aliphatic rings. The van der Waals surface area contributed by atoms with E-state index >= 15 is 0 Å². The van der Waals surface area contributed by atoms with Crippen LogP contribution < -0.4 is 0 Å². The quantitative estimate of drug-likeness (QED) is 0.453. The molecule has 0 saturated heterocycles. The Bertz CT molecular complexity index is 99.4. The first-order valence-electron chi connectivity index (χ1n) is 2.04. The summed E-state index contributed by atoms with van der Waals surface area (Å²) in [5.41, 5.74) is 0. The fourth-order valence-electron chi connectivity index (χ4n) is 0. The van der Waals surface area contributed by atoms with Crippen molar-refractivity contribution in [3.8, 4) is 0 Å². The van der Waals surface area contributed by atoms with Crippen molar-refractivity contribution in [3.63, 3.8) is 0 Å². The van der Waals surface area contributed by atoms with Gasteiger partial charge in [-0.3, -0.25) is 0 Å². The van der Waals surface area contributed by atoms with Gasteiger partial charge in [-0.15, -0.1) is 0 Å².